The number of benzene rings is 1. The SMILES string of the molecule is COc1ccc(C(O)C2=CCC(OC)C=C2)cc1. The van der Waals surface area contributed by atoms with Crippen LogP contribution >= 0.6 is 0 Å². The normalized spacial score (nSPS) is 20.4. The topological polar surface area (TPSA) is 38.7 Å². The fourth-order valence-electron chi connectivity index (χ4n) is 1.97. The van der Waals surface area contributed by atoms with Gasteiger partial charge in [0.15, 0.2) is 0 Å². The van der Waals surface area contributed by atoms with Gasteiger partial charge in [0.2, 0.25) is 0 Å². The van der Waals surface area contributed by atoms with Crippen LogP contribution in [0.4, 0.5) is 0 Å². The van der Waals surface area contributed by atoms with Gasteiger partial charge in [-0.2, -0.15) is 0 Å². The van der Waals surface area contributed by atoms with Crippen LogP contribution in [0.25, 0.3) is 0 Å². The second-order valence-electron chi connectivity index (χ2n) is 4.25. The van der Waals surface area contributed by atoms with E-state index in [2.05, 4.69) is 0 Å². The summed E-state index contributed by atoms with van der Waals surface area (Å²) in [6.07, 6.45) is 6.24. The molecule has 96 valence electrons. The smallest absolute Gasteiger partial charge is 0.118 e. The molecule has 0 spiro atoms. The fourth-order valence-corrected chi connectivity index (χ4v) is 1.97. The van der Waals surface area contributed by atoms with Crippen molar-refractivity contribution in [3.05, 3.63) is 53.6 Å². The summed E-state index contributed by atoms with van der Waals surface area (Å²) in [5.41, 5.74) is 1.77. The van der Waals surface area contributed by atoms with Crippen molar-refractivity contribution in [3.8, 4) is 5.75 Å². The van der Waals surface area contributed by atoms with Crippen LogP contribution in [0.15, 0.2) is 48.1 Å². The van der Waals surface area contributed by atoms with Crippen LogP contribution < -0.4 is 4.74 Å². The number of ether oxygens (including phenoxy) is 2. The van der Waals surface area contributed by atoms with Gasteiger partial charge in [0, 0.05) is 7.11 Å². The van der Waals surface area contributed by atoms with Crippen molar-refractivity contribution in [2.75, 3.05) is 14.2 Å². The second-order valence-corrected chi connectivity index (χ2v) is 4.25. The highest BCUT2D eigenvalue weighted by molar-refractivity contribution is 5.37. The van der Waals surface area contributed by atoms with Crippen molar-refractivity contribution in [2.24, 2.45) is 0 Å². The molecule has 0 bridgehead atoms. The van der Waals surface area contributed by atoms with Gasteiger partial charge in [0.1, 0.15) is 11.9 Å². The lowest BCUT2D eigenvalue weighted by Gasteiger charge is -2.19. The zero-order valence-corrected chi connectivity index (χ0v) is 10.7. The standard InChI is InChI=1S/C15H18O3/c1-17-13-7-3-11(4-8-13)15(16)12-5-9-14(18-2)10-6-12/h3-9,14-16H,10H2,1-2H3. The summed E-state index contributed by atoms with van der Waals surface area (Å²) in [6.45, 7) is 0. The van der Waals surface area contributed by atoms with Gasteiger partial charge in [-0.25, -0.2) is 0 Å². The Morgan fingerprint density at radius 1 is 1.22 bits per heavy atom. The van der Waals surface area contributed by atoms with Crippen LogP contribution in [0.3, 0.4) is 0 Å². The van der Waals surface area contributed by atoms with E-state index in [4.69, 9.17) is 9.47 Å². The number of rotatable bonds is 4. The van der Waals surface area contributed by atoms with E-state index in [0.717, 1.165) is 23.3 Å². The van der Waals surface area contributed by atoms with Gasteiger partial charge < -0.3 is 14.6 Å². The average molecular weight is 246 g/mol. The van der Waals surface area contributed by atoms with Crippen LogP contribution in [0.5, 0.6) is 5.75 Å². The minimum atomic E-state index is -0.593. The molecule has 0 saturated carbocycles. The van der Waals surface area contributed by atoms with Crippen molar-refractivity contribution < 1.29 is 14.6 Å². The molecule has 2 atom stereocenters. The van der Waals surface area contributed by atoms with Crippen molar-refractivity contribution in [1.29, 1.82) is 0 Å². The molecule has 1 N–H and O–H groups in total. The summed E-state index contributed by atoms with van der Waals surface area (Å²) >= 11 is 0. The molecule has 3 heteroatoms. The Morgan fingerprint density at radius 2 is 1.94 bits per heavy atom. The molecule has 0 amide bonds. The zero-order valence-electron chi connectivity index (χ0n) is 10.7. The third kappa shape index (κ3) is 2.81. The minimum absolute atomic E-state index is 0.122. The molecule has 0 saturated heterocycles. The van der Waals surface area contributed by atoms with Gasteiger partial charge in [-0.05, 0) is 29.7 Å². The van der Waals surface area contributed by atoms with E-state index in [9.17, 15) is 5.11 Å². The maximum atomic E-state index is 10.3. The molecule has 18 heavy (non-hydrogen) atoms. The predicted octanol–water partition coefficient (Wildman–Crippen LogP) is 2.63. The minimum Gasteiger partial charge on any atom is -0.497 e. The van der Waals surface area contributed by atoms with Crippen LogP contribution in [-0.2, 0) is 4.74 Å². The van der Waals surface area contributed by atoms with E-state index in [1.54, 1.807) is 14.2 Å². The Morgan fingerprint density at radius 3 is 2.44 bits per heavy atom. The monoisotopic (exact) mass is 246 g/mol. The largest absolute Gasteiger partial charge is 0.497 e. The molecule has 0 heterocycles. The van der Waals surface area contributed by atoms with Gasteiger partial charge in [-0.1, -0.05) is 30.4 Å². The quantitative estimate of drug-likeness (QED) is 0.887. The summed E-state index contributed by atoms with van der Waals surface area (Å²) in [6, 6.07) is 7.45. The third-order valence-corrected chi connectivity index (χ3v) is 3.14. The number of aliphatic hydroxyl groups excluding tert-OH is 1. The molecule has 1 aliphatic carbocycles. The van der Waals surface area contributed by atoms with E-state index < -0.39 is 6.10 Å². The first-order valence-electron chi connectivity index (χ1n) is 5.97. The lowest BCUT2D eigenvalue weighted by atomic mass is 9.96. The van der Waals surface area contributed by atoms with Crippen LogP contribution in [-0.4, -0.2) is 25.4 Å². The zero-order chi connectivity index (χ0) is 13.0. The summed E-state index contributed by atoms with van der Waals surface area (Å²) < 4.78 is 10.3. The summed E-state index contributed by atoms with van der Waals surface area (Å²) in [4.78, 5) is 0. The molecule has 3 nitrogen and oxygen atoms in total. The van der Waals surface area contributed by atoms with Gasteiger partial charge in [-0.3, -0.25) is 0 Å². The Hall–Kier alpha value is -1.58. The number of methoxy groups -OCH3 is 2. The molecule has 1 aliphatic rings. The highest BCUT2D eigenvalue weighted by Gasteiger charge is 2.15. The Balaban J connectivity index is 2.09. The molecular weight excluding hydrogens is 228 g/mol. The van der Waals surface area contributed by atoms with Gasteiger partial charge in [0.05, 0.1) is 13.2 Å². The first-order valence-corrected chi connectivity index (χ1v) is 5.97. The molecule has 0 fully saturated rings. The van der Waals surface area contributed by atoms with E-state index in [-0.39, 0.29) is 6.10 Å². The number of aliphatic hydroxyl groups is 1. The van der Waals surface area contributed by atoms with E-state index in [0.29, 0.717) is 0 Å². The Bertz CT molecular complexity index is 445. The maximum Gasteiger partial charge on any atom is 0.118 e. The lowest BCUT2D eigenvalue weighted by molar-refractivity contribution is 0.140. The van der Waals surface area contributed by atoms with E-state index >= 15 is 0 Å². The molecular formula is C15H18O3. The Kier molecular flexibility index (Phi) is 4.18. The Labute approximate surface area is 107 Å². The van der Waals surface area contributed by atoms with Crippen LogP contribution in [0, 0.1) is 0 Å². The molecule has 0 aromatic heterocycles. The molecule has 0 aliphatic heterocycles. The number of hydrogen-bond acceptors (Lipinski definition) is 3. The maximum absolute atomic E-state index is 10.3. The third-order valence-electron chi connectivity index (χ3n) is 3.14. The second kappa shape index (κ2) is 5.85. The molecule has 2 rings (SSSR count). The highest BCUT2D eigenvalue weighted by atomic mass is 16.5. The molecule has 2 unspecified atom stereocenters. The molecule has 1 aromatic carbocycles. The van der Waals surface area contributed by atoms with Gasteiger partial charge >= 0.3 is 0 Å². The van der Waals surface area contributed by atoms with Crippen LogP contribution in [0.1, 0.15) is 18.1 Å². The lowest BCUT2D eigenvalue weighted by Crippen LogP contribution is -2.11. The van der Waals surface area contributed by atoms with Crippen molar-refractivity contribution in [2.45, 2.75) is 18.6 Å². The van der Waals surface area contributed by atoms with Crippen LogP contribution in [0.2, 0.25) is 0 Å². The number of hydrogen-bond donors (Lipinski definition) is 1. The molecule has 1 aromatic rings. The average Bonchev–Trinajstić information content (AvgIpc) is 2.47. The van der Waals surface area contributed by atoms with E-state index in [1.165, 1.54) is 0 Å². The summed E-state index contributed by atoms with van der Waals surface area (Å²) in [5, 5.41) is 10.3. The summed E-state index contributed by atoms with van der Waals surface area (Å²) in [7, 11) is 3.32. The first-order chi connectivity index (χ1) is 8.74. The fraction of sp³-hybridized carbons (Fsp3) is 0.333. The van der Waals surface area contributed by atoms with Gasteiger partial charge in [-0.15, -0.1) is 0 Å². The van der Waals surface area contributed by atoms with Crippen molar-refractivity contribution in [3.63, 3.8) is 0 Å². The summed E-state index contributed by atoms with van der Waals surface area (Å²) in [5.74, 6) is 0.790. The van der Waals surface area contributed by atoms with Gasteiger partial charge in [0.25, 0.3) is 0 Å². The first kappa shape index (κ1) is 12.9. The van der Waals surface area contributed by atoms with Crippen molar-refractivity contribution >= 4 is 0 Å². The molecule has 0 radical (unpaired) electrons. The highest BCUT2D eigenvalue weighted by Crippen LogP contribution is 2.27. The van der Waals surface area contributed by atoms with E-state index in [1.807, 2.05) is 42.5 Å². The predicted molar refractivity (Wildman–Crippen MR) is 70.6 cm³/mol. The van der Waals surface area contributed by atoms with Crippen molar-refractivity contribution in [1.82, 2.24) is 0 Å².